The van der Waals surface area contributed by atoms with Crippen LogP contribution in [0.2, 0.25) is 0 Å². The molecule has 1 N–H and O–H groups in total. The van der Waals surface area contributed by atoms with Gasteiger partial charge in [-0.2, -0.15) is 0 Å². The molecule has 0 spiro atoms. The largest absolute Gasteiger partial charge is 0.383 e. The summed E-state index contributed by atoms with van der Waals surface area (Å²) in [5, 5.41) is 3.44. The van der Waals surface area contributed by atoms with Crippen molar-refractivity contribution in [3.8, 4) is 0 Å². The van der Waals surface area contributed by atoms with E-state index in [2.05, 4.69) is 31.0 Å². The Labute approximate surface area is 95.2 Å². The Balaban J connectivity index is 3.69. The molecule has 0 saturated heterocycles. The van der Waals surface area contributed by atoms with Crippen LogP contribution in [0.4, 0.5) is 0 Å². The van der Waals surface area contributed by atoms with Gasteiger partial charge in [-0.15, -0.1) is 0 Å². The highest BCUT2D eigenvalue weighted by Gasteiger charge is 2.10. The van der Waals surface area contributed by atoms with Crippen molar-refractivity contribution in [2.24, 2.45) is 0 Å². The minimum absolute atomic E-state index is 0.656. The molecule has 0 aromatic carbocycles. The van der Waals surface area contributed by atoms with Gasteiger partial charge in [-0.1, -0.05) is 13.8 Å². The molecule has 92 valence electrons. The molecule has 3 heteroatoms. The molecule has 15 heavy (non-hydrogen) atoms. The number of ether oxygens (including phenoxy) is 1. The first-order valence-electron chi connectivity index (χ1n) is 6.19. The fraction of sp³-hybridized carbons (Fsp3) is 1.00. The second-order valence-corrected chi connectivity index (χ2v) is 4.04. The van der Waals surface area contributed by atoms with E-state index in [-0.39, 0.29) is 0 Å². The van der Waals surface area contributed by atoms with Crippen molar-refractivity contribution < 1.29 is 4.74 Å². The zero-order chi connectivity index (χ0) is 11.5. The normalized spacial score (nSPS) is 13.4. The van der Waals surface area contributed by atoms with Crippen molar-refractivity contribution >= 4 is 0 Å². The van der Waals surface area contributed by atoms with Crippen LogP contribution in [0.3, 0.4) is 0 Å². The molecular formula is C12H28N2O. The molecule has 0 aromatic heterocycles. The van der Waals surface area contributed by atoms with E-state index in [0.29, 0.717) is 6.04 Å². The van der Waals surface area contributed by atoms with Crippen LogP contribution in [-0.4, -0.2) is 50.8 Å². The second-order valence-electron chi connectivity index (χ2n) is 4.04. The minimum Gasteiger partial charge on any atom is -0.383 e. The lowest BCUT2D eigenvalue weighted by Crippen LogP contribution is -2.40. The van der Waals surface area contributed by atoms with Gasteiger partial charge in [-0.25, -0.2) is 0 Å². The molecule has 1 unspecified atom stereocenters. The Morgan fingerprint density at radius 1 is 1.20 bits per heavy atom. The molecule has 0 aliphatic heterocycles. The molecule has 0 heterocycles. The monoisotopic (exact) mass is 216 g/mol. The lowest BCUT2D eigenvalue weighted by molar-refractivity contribution is 0.123. The van der Waals surface area contributed by atoms with Crippen LogP contribution in [0.15, 0.2) is 0 Å². The van der Waals surface area contributed by atoms with Gasteiger partial charge in [0.2, 0.25) is 0 Å². The third-order valence-corrected chi connectivity index (χ3v) is 2.80. The average Bonchev–Trinajstić information content (AvgIpc) is 2.27. The molecule has 0 bridgehead atoms. The van der Waals surface area contributed by atoms with Gasteiger partial charge in [-0.05, 0) is 26.3 Å². The zero-order valence-corrected chi connectivity index (χ0v) is 10.9. The summed E-state index contributed by atoms with van der Waals surface area (Å²) in [4.78, 5) is 2.49. The van der Waals surface area contributed by atoms with E-state index in [1.165, 1.54) is 12.8 Å². The molecule has 0 rings (SSSR count). The number of hydrogen-bond donors (Lipinski definition) is 1. The predicted octanol–water partition coefficient (Wildman–Crippen LogP) is 1.73. The topological polar surface area (TPSA) is 24.5 Å². The molecule has 1 atom stereocenters. The van der Waals surface area contributed by atoms with Crippen LogP contribution in [-0.2, 0) is 4.74 Å². The van der Waals surface area contributed by atoms with Crippen LogP contribution in [0, 0.1) is 0 Å². The number of nitrogens with one attached hydrogen (secondary N) is 1. The summed E-state index contributed by atoms with van der Waals surface area (Å²) in [6.07, 6.45) is 2.42. The Morgan fingerprint density at radius 3 is 2.47 bits per heavy atom. The molecule has 0 radical (unpaired) electrons. The van der Waals surface area contributed by atoms with E-state index in [4.69, 9.17) is 4.74 Å². The van der Waals surface area contributed by atoms with E-state index in [1.807, 2.05) is 0 Å². The standard InChI is InChI=1S/C12H28N2O/c1-5-7-13-8-9-14(10-11-15-4)12(3)6-2/h12-13H,5-11H2,1-4H3. The van der Waals surface area contributed by atoms with Crippen molar-refractivity contribution in [1.29, 1.82) is 0 Å². The summed E-state index contributed by atoms with van der Waals surface area (Å²) in [5.74, 6) is 0. The molecule has 0 aromatic rings. The van der Waals surface area contributed by atoms with Crippen molar-refractivity contribution in [2.75, 3.05) is 39.9 Å². The van der Waals surface area contributed by atoms with Crippen molar-refractivity contribution in [3.05, 3.63) is 0 Å². The summed E-state index contributed by atoms with van der Waals surface area (Å²) >= 11 is 0. The Hall–Kier alpha value is -0.120. The first-order valence-corrected chi connectivity index (χ1v) is 6.19. The summed E-state index contributed by atoms with van der Waals surface area (Å²) in [5.41, 5.74) is 0. The Bertz CT molecular complexity index is 131. The van der Waals surface area contributed by atoms with E-state index in [9.17, 15) is 0 Å². The molecule has 0 aliphatic carbocycles. The van der Waals surface area contributed by atoms with Crippen LogP contribution in [0.25, 0.3) is 0 Å². The molecular weight excluding hydrogens is 188 g/mol. The van der Waals surface area contributed by atoms with Gasteiger partial charge in [0.05, 0.1) is 6.61 Å². The summed E-state index contributed by atoms with van der Waals surface area (Å²) < 4.78 is 5.13. The first kappa shape index (κ1) is 14.9. The van der Waals surface area contributed by atoms with E-state index in [0.717, 1.165) is 32.8 Å². The third kappa shape index (κ3) is 7.77. The number of nitrogens with zero attached hydrogens (tertiary/aromatic N) is 1. The van der Waals surface area contributed by atoms with E-state index < -0.39 is 0 Å². The second kappa shape index (κ2) is 10.4. The van der Waals surface area contributed by atoms with Gasteiger partial charge >= 0.3 is 0 Å². The van der Waals surface area contributed by atoms with Gasteiger partial charge in [0.1, 0.15) is 0 Å². The highest BCUT2D eigenvalue weighted by atomic mass is 16.5. The van der Waals surface area contributed by atoms with Crippen LogP contribution in [0.5, 0.6) is 0 Å². The summed E-state index contributed by atoms with van der Waals surface area (Å²) in [6, 6.07) is 0.656. The van der Waals surface area contributed by atoms with Gasteiger partial charge in [0, 0.05) is 32.8 Å². The maximum atomic E-state index is 5.13. The summed E-state index contributed by atoms with van der Waals surface area (Å²) in [6.45, 7) is 11.9. The van der Waals surface area contributed by atoms with Crippen LogP contribution >= 0.6 is 0 Å². The van der Waals surface area contributed by atoms with Gasteiger partial charge in [-0.3, -0.25) is 4.90 Å². The molecule has 0 fully saturated rings. The number of hydrogen-bond acceptors (Lipinski definition) is 3. The van der Waals surface area contributed by atoms with Crippen LogP contribution < -0.4 is 5.32 Å². The maximum Gasteiger partial charge on any atom is 0.0589 e. The van der Waals surface area contributed by atoms with Gasteiger partial charge in [0.25, 0.3) is 0 Å². The van der Waals surface area contributed by atoms with Gasteiger partial charge in [0.15, 0.2) is 0 Å². The third-order valence-electron chi connectivity index (χ3n) is 2.80. The lowest BCUT2D eigenvalue weighted by Gasteiger charge is -2.28. The highest BCUT2D eigenvalue weighted by molar-refractivity contribution is 4.66. The number of methoxy groups -OCH3 is 1. The maximum absolute atomic E-state index is 5.13. The van der Waals surface area contributed by atoms with E-state index in [1.54, 1.807) is 7.11 Å². The average molecular weight is 216 g/mol. The smallest absolute Gasteiger partial charge is 0.0589 e. The molecule has 3 nitrogen and oxygen atoms in total. The predicted molar refractivity (Wildman–Crippen MR) is 66.4 cm³/mol. The lowest BCUT2D eigenvalue weighted by atomic mass is 10.2. The van der Waals surface area contributed by atoms with Crippen molar-refractivity contribution in [2.45, 2.75) is 39.7 Å². The van der Waals surface area contributed by atoms with Crippen molar-refractivity contribution in [3.63, 3.8) is 0 Å². The number of rotatable bonds is 10. The fourth-order valence-electron chi connectivity index (χ4n) is 1.54. The minimum atomic E-state index is 0.656. The highest BCUT2D eigenvalue weighted by Crippen LogP contribution is 2.02. The van der Waals surface area contributed by atoms with Gasteiger partial charge < -0.3 is 10.1 Å². The van der Waals surface area contributed by atoms with Crippen molar-refractivity contribution in [1.82, 2.24) is 10.2 Å². The van der Waals surface area contributed by atoms with Crippen LogP contribution in [0.1, 0.15) is 33.6 Å². The fourth-order valence-corrected chi connectivity index (χ4v) is 1.54. The molecule has 0 aliphatic rings. The first-order chi connectivity index (χ1) is 7.26. The molecule has 0 saturated carbocycles. The Morgan fingerprint density at radius 2 is 1.93 bits per heavy atom. The molecule has 0 amide bonds. The quantitative estimate of drug-likeness (QED) is 0.563. The zero-order valence-electron chi connectivity index (χ0n) is 10.9. The SMILES string of the molecule is CCCNCCN(CCOC)C(C)CC. The summed E-state index contributed by atoms with van der Waals surface area (Å²) in [7, 11) is 1.77. The van der Waals surface area contributed by atoms with E-state index >= 15 is 0 Å². The Kier molecular flexibility index (Phi) is 10.3.